The zero-order chi connectivity index (χ0) is 24.5. The molecule has 0 aromatic heterocycles. The Morgan fingerprint density at radius 3 is 1.91 bits per heavy atom. The summed E-state index contributed by atoms with van der Waals surface area (Å²) in [5, 5.41) is 0. The summed E-state index contributed by atoms with van der Waals surface area (Å²) in [6.45, 7) is 0.343. The first-order valence-electron chi connectivity index (χ1n) is 10.7. The van der Waals surface area contributed by atoms with Crippen molar-refractivity contribution in [1.29, 1.82) is 0 Å². The van der Waals surface area contributed by atoms with E-state index in [0.717, 1.165) is 16.7 Å². The average Bonchev–Trinajstić information content (AvgIpc) is 2.89. The second kappa shape index (κ2) is 11.7. The van der Waals surface area contributed by atoms with Crippen LogP contribution in [0.2, 0.25) is 0 Å². The molecular formula is C29H28O5. The van der Waals surface area contributed by atoms with Gasteiger partial charge in [-0.3, -0.25) is 0 Å². The van der Waals surface area contributed by atoms with Crippen LogP contribution in [0.3, 0.4) is 0 Å². The molecule has 0 aliphatic heterocycles. The lowest BCUT2D eigenvalue weighted by atomic mass is 9.89. The third kappa shape index (κ3) is 4.96. The molecule has 0 bridgehead atoms. The van der Waals surface area contributed by atoms with E-state index in [0.29, 0.717) is 47.2 Å². The molecule has 5 heteroatoms. The first kappa shape index (κ1) is 24.6. The summed E-state index contributed by atoms with van der Waals surface area (Å²) >= 11 is 0. The third-order valence-electron chi connectivity index (χ3n) is 5.45. The van der Waals surface area contributed by atoms with Gasteiger partial charge in [0.1, 0.15) is 6.10 Å². The summed E-state index contributed by atoms with van der Waals surface area (Å²) in [4.78, 5) is 0. The number of hydrogen-bond donors (Lipinski definition) is 0. The highest BCUT2D eigenvalue weighted by Crippen LogP contribution is 2.50. The van der Waals surface area contributed by atoms with E-state index >= 15 is 0 Å². The Balaban J connectivity index is 2.28. The maximum absolute atomic E-state index is 6.18. The Labute approximate surface area is 201 Å². The summed E-state index contributed by atoms with van der Waals surface area (Å²) in [5.41, 5.74) is 3.98. The van der Waals surface area contributed by atoms with Gasteiger partial charge in [0.25, 0.3) is 0 Å². The maximum Gasteiger partial charge on any atom is 0.169 e. The molecule has 0 N–H and O–H groups in total. The molecule has 3 rings (SSSR count). The van der Waals surface area contributed by atoms with Gasteiger partial charge in [0.2, 0.25) is 0 Å². The van der Waals surface area contributed by atoms with Crippen molar-refractivity contribution < 1.29 is 23.7 Å². The van der Waals surface area contributed by atoms with E-state index in [1.807, 2.05) is 48.5 Å². The summed E-state index contributed by atoms with van der Waals surface area (Å²) in [5.74, 6) is 7.59. The quantitative estimate of drug-likeness (QED) is 0.380. The first-order chi connectivity index (χ1) is 16.6. The molecule has 0 unspecified atom stereocenters. The Kier molecular flexibility index (Phi) is 8.46. The molecule has 3 aromatic rings. The summed E-state index contributed by atoms with van der Waals surface area (Å²) in [7, 11) is 6.32. The summed E-state index contributed by atoms with van der Waals surface area (Å²) < 4.78 is 29.0. The highest BCUT2D eigenvalue weighted by molar-refractivity contribution is 5.86. The van der Waals surface area contributed by atoms with Crippen LogP contribution in [0.4, 0.5) is 0 Å². The minimum Gasteiger partial charge on any atom is -0.493 e. The fourth-order valence-corrected chi connectivity index (χ4v) is 3.90. The van der Waals surface area contributed by atoms with Gasteiger partial charge in [0.05, 0.1) is 35.0 Å². The van der Waals surface area contributed by atoms with Gasteiger partial charge in [-0.1, -0.05) is 48.4 Å². The SMILES string of the molecule is C#CCc1ccc(OC)c(OC)c1-c1c([C@H](C#C)OCc2ccccc2)ccc(OC)c1OC. The van der Waals surface area contributed by atoms with E-state index in [2.05, 4.69) is 11.8 Å². The number of rotatable bonds is 10. The molecule has 0 heterocycles. The topological polar surface area (TPSA) is 46.2 Å². The second-order valence-corrected chi connectivity index (χ2v) is 7.32. The molecule has 0 saturated heterocycles. The number of ether oxygens (including phenoxy) is 5. The minimum absolute atomic E-state index is 0.343. The highest BCUT2D eigenvalue weighted by Gasteiger charge is 2.28. The summed E-state index contributed by atoms with van der Waals surface area (Å²) in [6.07, 6.45) is 11.3. The van der Waals surface area contributed by atoms with Gasteiger partial charge in [-0.15, -0.1) is 18.8 Å². The third-order valence-corrected chi connectivity index (χ3v) is 5.45. The van der Waals surface area contributed by atoms with E-state index in [1.165, 1.54) is 0 Å². The molecule has 0 aliphatic rings. The molecule has 0 aliphatic carbocycles. The molecular weight excluding hydrogens is 428 g/mol. The molecule has 0 radical (unpaired) electrons. The van der Waals surface area contributed by atoms with Crippen molar-refractivity contribution in [3.05, 3.63) is 71.3 Å². The molecule has 0 spiro atoms. The van der Waals surface area contributed by atoms with Crippen molar-refractivity contribution in [2.24, 2.45) is 0 Å². The van der Waals surface area contributed by atoms with Gasteiger partial charge in [-0.2, -0.15) is 0 Å². The Morgan fingerprint density at radius 1 is 0.735 bits per heavy atom. The van der Waals surface area contributed by atoms with E-state index in [9.17, 15) is 0 Å². The fourth-order valence-electron chi connectivity index (χ4n) is 3.90. The Hall–Kier alpha value is -4.06. The van der Waals surface area contributed by atoms with Crippen LogP contribution in [0.5, 0.6) is 23.0 Å². The zero-order valence-corrected chi connectivity index (χ0v) is 19.9. The van der Waals surface area contributed by atoms with Gasteiger partial charge < -0.3 is 23.7 Å². The van der Waals surface area contributed by atoms with Gasteiger partial charge in [0.15, 0.2) is 23.0 Å². The highest BCUT2D eigenvalue weighted by atomic mass is 16.5. The molecule has 174 valence electrons. The molecule has 0 saturated carbocycles. The van der Waals surface area contributed by atoms with Gasteiger partial charge in [-0.05, 0) is 23.3 Å². The Bertz CT molecular complexity index is 1200. The van der Waals surface area contributed by atoms with Crippen LogP contribution in [0, 0.1) is 24.7 Å². The molecule has 0 amide bonds. The minimum atomic E-state index is -0.676. The van der Waals surface area contributed by atoms with E-state index < -0.39 is 6.10 Å². The van der Waals surface area contributed by atoms with E-state index in [-0.39, 0.29) is 0 Å². The van der Waals surface area contributed by atoms with Crippen molar-refractivity contribution in [3.63, 3.8) is 0 Å². The maximum atomic E-state index is 6.18. The molecule has 5 nitrogen and oxygen atoms in total. The lowest BCUT2D eigenvalue weighted by Gasteiger charge is -2.24. The lowest BCUT2D eigenvalue weighted by Crippen LogP contribution is -2.08. The zero-order valence-electron chi connectivity index (χ0n) is 19.9. The van der Waals surface area contributed by atoms with E-state index in [4.69, 9.17) is 36.5 Å². The van der Waals surface area contributed by atoms with Crippen LogP contribution in [-0.2, 0) is 17.8 Å². The van der Waals surface area contributed by atoms with Crippen LogP contribution in [0.25, 0.3) is 11.1 Å². The van der Waals surface area contributed by atoms with Crippen molar-refractivity contribution in [3.8, 4) is 58.8 Å². The predicted octanol–water partition coefficient (Wildman–Crippen LogP) is 5.45. The summed E-state index contributed by atoms with van der Waals surface area (Å²) in [6, 6.07) is 17.3. The largest absolute Gasteiger partial charge is 0.493 e. The van der Waals surface area contributed by atoms with Crippen molar-refractivity contribution in [2.45, 2.75) is 19.1 Å². The van der Waals surface area contributed by atoms with Crippen LogP contribution in [0.15, 0.2) is 54.6 Å². The fraction of sp³-hybridized carbons (Fsp3) is 0.241. The van der Waals surface area contributed by atoms with Crippen LogP contribution >= 0.6 is 0 Å². The van der Waals surface area contributed by atoms with Gasteiger partial charge in [0, 0.05) is 23.1 Å². The number of benzene rings is 3. The monoisotopic (exact) mass is 456 g/mol. The van der Waals surface area contributed by atoms with Crippen LogP contribution in [-0.4, -0.2) is 28.4 Å². The smallest absolute Gasteiger partial charge is 0.169 e. The normalized spacial score (nSPS) is 11.1. The molecule has 3 aromatic carbocycles. The van der Waals surface area contributed by atoms with Crippen molar-refractivity contribution in [2.75, 3.05) is 28.4 Å². The van der Waals surface area contributed by atoms with Crippen molar-refractivity contribution >= 4 is 0 Å². The Morgan fingerprint density at radius 2 is 1.35 bits per heavy atom. The van der Waals surface area contributed by atoms with Crippen LogP contribution in [0.1, 0.15) is 22.8 Å². The second-order valence-electron chi connectivity index (χ2n) is 7.32. The molecule has 34 heavy (non-hydrogen) atoms. The van der Waals surface area contributed by atoms with E-state index in [1.54, 1.807) is 34.5 Å². The number of methoxy groups -OCH3 is 4. The lowest BCUT2D eigenvalue weighted by molar-refractivity contribution is 0.0784. The van der Waals surface area contributed by atoms with Crippen molar-refractivity contribution in [1.82, 2.24) is 0 Å². The van der Waals surface area contributed by atoms with Gasteiger partial charge in [-0.25, -0.2) is 0 Å². The molecule has 0 fully saturated rings. The average molecular weight is 457 g/mol. The number of hydrogen-bond acceptors (Lipinski definition) is 5. The standard InChI is InChI=1S/C29H28O5/c1-7-12-21-15-17-24(30-3)28(32-5)26(21)27-22(16-18-25(31-4)29(27)33-6)23(8-2)34-19-20-13-10-9-11-14-20/h1-2,9-11,13-18,23H,12,19H2,3-6H3/t23-/m0/s1. The van der Waals surface area contributed by atoms with Gasteiger partial charge >= 0.3 is 0 Å². The first-order valence-corrected chi connectivity index (χ1v) is 10.7. The number of terminal acetylenes is 2. The predicted molar refractivity (Wildman–Crippen MR) is 133 cm³/mol. The molecule has 1 atom stereocenters. The van der Waals surface area contributed by atoms with Crippen LogP contribution < -0.4 is 18.9 Å².